The second kappa shape index (κ2) is 10.8. The molecule has 35 heavy (non-hydrogen) atoms. The number of benzene rings is 2. The van der Waals surface area contributed by atoms with E-state index in [1.165, 1.54) is 11.6 Å². The van der Waals surface area contributed by atoms with E-state index in [0.717, 1.165) is 28.2 Å². The number of hydrogen-bond donors (Lipinski definition) is 1. The molecule has 0 saturated heterocycles. The Bertz CT molecular complexity index is 1460. The van der Waals surface area contributed by atoms with Crippen molar-refractivity contribution in [2.24, 2.45) is 13.0 Å². The first-order valence-corrected chi connectivity index (χ1v) is 12.1. The Morgan fingerprint density at radius 1 is 0.971 bits per heavy atom. The van der Waals surface area contributed by atoms with Gasteiger partial charge in [-0.05, 0) is 48.1 Å². The lowest BCUT2D eigenvalue weighted by molar-refractivity contribution is 0.282. The average molecular weight is 477 g/mol. The number of rotatable bonds is 10. The molecule has 0 amide bonds. The largest absolute Gasteiger partial charge is 0.487 e. The second-order valence-corrected chi connectivity index (χ2v) is 9.27. The summed E-state index contributed by atoms with van der Waals surface area (Å²) < 4.78 is 8.74. The SMILES string of the molecule is CC(C)Cn1c(=O)n(C)c(=O)c2nc(CCCCCO)c(COc3ccc4ccccc4c3)nc21. The molecule has 0 spiro atoms. The summed E-state index contributed by atoms with van der Waals surface area (Å²) in [6.07, 6.45) is 2.95. The summed E-state index contributed by atoms with van der Waals surface area (Å²) in [6.45, 7) is 4.76. The lowest BCUT2D eigenvalue weighted by Crippen LogP contribution is -2.40. The van der Waals surface area contributed by atoms with Crippen LogP contribution >= 0.6 is 0 Å². The highest BCUT2D eigenvalue weighted by Gasteiger charge is 2.18. The molecular formula is C27H32N4O4. The topological polar surface area (TPSA) is 99.2 Å². The van der Waals surface area contributed by atoms with E-state index in [1.807, 2.05) is 56.3 Å². The summed E-state index contributed by atoms with van der Waals surface area (Å²) in [5.41, 5.74) is 0.934. The highest BCUT2D eigenvalue weighted by atomic mass is 16.5. The molecule has 8 heteroatoms. The lowest BCUT2D eigenvalue weighted by atomic mass is 10.1. The van der Waals surface area contributed by atoms with E-state index in [1.54, 1.807) is 0 Å². The lowest BCUT2D eigenvalue weighted by Gasteiger charge is -2.16. The van der Waals surface area contributed by atoms with Gasteiger partial charge in [-0.25, -0.2) is 14.8 Å². The second-order valence-electron chi connectivity index (χ2n) is 9.27. The normalized spacial score (nSPS) is 11.6. The van der Waals surface area contributed by atoms with Gasteiger partial charge in [-0.1, -0.05) is 50.6 Å². The average Bonchev–Trinajstić information content (AvgIpc) is 2.86. The van der Waals surface area contributed by atoms with Crippen LogP contribution in [0.4, 0.5) is 0 Å². The molecule has 184 valence electrons. The van der Waals surface area contributed by atoms with Crippen molar-refractivity contribution in [1.29, 1.82) is 0 Å². The van der Waals surface area contributed by atoms with Gasteiger partial charge in [0.25, 0.3) is 5.56 Å². The van der Waals surface area contributed by atoms with Crippen LogP contribution in [-0.2, 0) is 26.6 Å². The van der Waals surface area contributed by atoms with Crippen LogP contribution in [0.2, 0.25) is 0 Å². The van der Waals surface area contributed by atoms with Crippen molar-refractivity contribution < 1.29 is 9.84 Å². The van der Waals surface area contributed by atoms with E-state index >= 15 is 0 Å². The summed E-state index contributed by atoms with van der Waals surface area (Å²) in [6, 6.07) is 14.0. The maximum atomic E-state index is 12.9. The number of aliphatic hydroxyl groups excluding tert-OH is 1. The van der Waals surface area contributed by atoms with Crippen LogP contribution in [0.1, 0.15) is 44.5 Å². The van der Waals surface area contributed by atoms with Crippen LogP contribution in [0.25, 0.3) is 21.9 Å². The summed E-state index contributed by atoms with van der Waals surface area (Å²) in [7, 11) is 1.47. The molecular weight excluding hydrogens is 444 g/mol. The molecule has 2 aromatic carbocycles. The number of aryl methyl sites for hydroxylation is 1. The Balaban J connectivity index is 1.76. The van der Waals surface area contributed by atoms with Gasteiger partial charge in [-0.3, -0.25) is 13.9 Å². The maximum Gasteiger partial charge on any atom is 0.332 e. The fraction of sp³-hybridized carbons (Fsp3) is 0.407. The summed E-state index contributed by atoms with van der Waals surface area (Å²) in [5, 5.41) is 11.3. The fourth-order valence-electron chi connectivity index (χ4n) is 4.18. The van der Waals surface area contributed by atoms with Gasteiger partial charge >= 0.3 is 5.69 Å². The summed E-state index contributed by atoms with van der Waals surface area (Å²) in [5.74, 6) is 0.894. The van der Waals surface area contributed by atoms with Gasteiger partial charge in [0.05, 0.1) is 5.69 Å². The van der Waals surface area contributed by atoms with Gasteiger partial charge < -0.3 is 9.84 Å². The summed E-state index contributed by atoms with van der Waals surface area (Å²) in [4.78, 5) is 35.3. The first kappa shape index (κ1) is 24.6. The third-order valence-corrected chi connectivity index (χ3v) is 6.03. The monoisotopic (exact) mass is 476 g/mol. The zero-order valence-corrected chi connectivity index (χ0v) is 20.5. The zero-order chi connectivity index (χ0) is 24.9. The molecule has 2 aromatic heterocycles. The Morgan fingerprint density at radius 3 is 2.49 bits per heavy atom. The minimum Gasteiger partial charge on any atom is -0.487 e. The van der Waals surface area contributed by atoms with E-state index in [-0.39, 0.29) is 24.6 Å². The van der Waals surface area contributed by atoms with Crippen LogP contribution in [0.15, 0.2) is 52.1 Å². The van der Waals surface area contributed by atoms with Crippen molar-refractivity contribution in [3.8, 4) is 5.75 Å². The van der Waals surface area contributed by atoms with Gasteiger partial charge in [0.1, 0.15) is 18.1 Å². The van der Waals surface area contributed by atoms with Crippen LogP contribution in [0, 0.1) is 5.92 Å². The molecule has 0 bridgehead atoms. The molecule has 0 aliphatic heterocycles. The summed E-state index contributed by atoms with van der Waals surface area (Å²) >= 11 is 0. The van der Waals surface area contributed by atoms with Crippen LogP contribution in [0.5, 0.6) is 5.75 Å². The Kier molecular flexibility index (Phi) is 7.60. The number of fused-ring (bicyclic) bond motifs is 2. The third-order valence-electron chi connectivity index (χ3n) is 6.03. The molecule has 8 nitrogen and oxygen atoms in total. The van der Waals surface area contributed by atoms with Crippen molar-refractivity contribution in [2.75, 3.05) is 6.61 Å². The number of aromatic nitrogens is 4. The Morgan fingerprint density at radius 2 is 1.74 bits per heavy atom. The Labute approximate surface area is 203 Å². The number of hydrogen-bond acceptors (Lipinski definition) is 6. The van der Waals surface area contributed by atoms with Crippen molar-refractivity contribution in [2.45, 2.75) is 52.7 Å². The van der Waals surface area contributed by atoms with Gasteiger partial charge in [-0.2, -0.15) is 0 Å². The molecule has 0 atom stereocenters. The quantitative estimate of drug-likeness (QED) is 0.351. The number of nitrogens with zero attached hydrogens (tertiary/aromatic N) is 4. The molecule has 4 rings (SSSR count). The van der Waals surface area contributed by atoms with Crippen molar-refractivity contribution in [3.63, 3.8) is 0 Å². The standard InChI is InChI=1S/C27H32N4O4/c1-18(2)16-31-25-24(26(33)30(3)27(31)34)28-22(11-5-4-8-14-32)23(29-25)17-35-21-13-12-19-9-6-7-10-20(19)15-21/h6-7,9-10,12-13,15,18,32H,4-5,8,11,14,16-17H2,1-3H3. The number of unbranched alkanes of at least 4 members (excludes halogenated alkanes) is 2. The highest BCUT2D eigenvalue weighted by molar-refractivity contribution is 5.83. The van der Waals surface area contributed by atoms with Gasteiger partial charge in [0.15, 0.2) is 11.2 Å². The van der Waals surface area contributed by atoms with Crippen LogP contribution in [-0.4, -0.2) is 30.8 Å². The number of ether oxygens (including phenoxy) is 1. The van der Waals surface area contributed by atoms with E-state index in [2.05, 4.69) is 0 Å². The molecule has 0 unspecified atom stereocenters. The van der Waals surface area contributed by atoms with Gasteiger partial charge in [0, 0.05) is 20.2 Å². The molecule has 0 aliphatic carbocycles. The van der Waals surface area contributed by atoms with Crippen molar-refractivity contribution in [1.82, 2.24) is 19.1 Å². The van der Waals surface area contributed by atoms with E-state index in [0.29, 0.717) is 42.2 Å². The van der Waals surface area contributed by atoms with Crippen LogP contribution in [0.3, 0.4) is 0 Å². The molecule has 0 aliphatic rings. The smallest absolute Gasteiger partial charge is 0.332 e. The highest BCUT2D eigenvalue weighted by Crippen LogP contribution is 2.22. The third kappa shape index (κ3) is 5.43. The van der Waals surface area contributed by atoms with Crippen molar-refractivity contribution >= 4 is 21.9 Å². The maximum absolute atomic E-state index is 12.9. The van der Waals surface area contributed by atoms with E-state index in [4.69, 9.17) is 19.8 Å². The predicted molar refractivity (Wildman–Crippen MR) is 137 cm³/mol. The molecule has 2 heterocycles. The van der Waals surface area contributed by atoms with Gasteiger partial charge in [0.2, 0.25) is 0 Å². The molecule has 0 radical (unpaired) electrons. The first-order valence-electron chi connectivity index (χ1n) is 12.1. The predicted octanol–water partition coefficient (Wildman–Crippen LogP) is 3.58. The Hall–Kier alpha value is -3.52. The number of aliphatic hydroxyl groups is 1. The molecule has 1 N–H and O–H groups in total. The van der Waals surface area contributed by atoms with Crippen LogP contribution < -0.4 is 16.0 Å². The molecule has 0 saturated carbocycles. The van der Waals surface area contributed by atoms with E-state index in [9.17, 15) is 9.59 Å². The zero-order valence-electron chi connectivity index (χ0n) is 20.5. The van der Waals surface area contributed by atoms with Gasteiger partial charge in [-0.15, -0.1) is 0 Å². The fourth-order valence-corrected chi connectivity index (χ4v) is 4.18. The van der Waals surface area contributed by atoms with E-state index < -0.39 is 11.2 Å². The van der Waals surface area contributed by atoms with Crippen molar-refractivity contribution in [3.05, 3.63) is 74.7 Å². The first-order chi connectivity index (χ1) is 16.9. The molecule has 4 aromatic rings. The molecule has 0 fully saturated rings. The minimum absolute atomic E-state index is 0.142. The minimum atomic E-state index is -0.448.